The number of aromatic nitrogens is 4. The van der Waals surface area contributed by atoms with Gasteiger partial charge in [0.1, 0.15) is 11.7 Å². The maximum absolute atomic E-state index is 12.8. The fourth-order valence-electron chi connectivity index (χ4n) is 2.92. The van der Waals surface area contributed by atoms with E-state index in [1.54, 1.807) is 35.9 Å². The zero-order valence-electron chi connectivity index (χ0n) is 16.0. The van der Waals surface area contributed by atoms with Gasteiger partial charge in [-0.1, -0.05) is 24.3 Å². The Hall–Kier alpha value is -2.62. The number of hydrogen-bond donors (Lipinski definition) is 3. The molecule has 0 saturated carbocycles. The highest BCUT2D eigenvalue weighted by Gasteiger charge is 2.18. The Labute approximate surface area is 189 Å². The molecule has 30 heavy (non-hydrogen) atoms. The molecule has 162 valence electrons. The second-order valence-corrected chi connectivity index (χ2v) is 6.68. The zero-order chi connectivity index (χ0) is 20.4. The number of nitrogens with zero attached hydrogens (tertiary/aromatic N) is 4. The molecular formula is C18H21Cl3N6O3. The predicted octanol–water partition coefficient (Wildman–Crippen LogP) is 2.83. The quantitative estimate of drug-likeness (QED) is 0.208. The maximum Gasteiger partial charge on any atom is 0.303 e. The zero-order valence-corrected chi connectivity index (χ0v) is 18.4. The van der Waals surface area contributed by atoms with Gasteiger partial charge in [-0.15, -0.1) is 24.8 Å². The lowest BCUT2D eigenvalue weighted by atomic mass is 10.1. The van der Waals surface area contributed by atoms with Crippen LogP contribution in [0, 0.1) is 5.41 Å². The first kappa shape index (κ1) is 25.4. The van der Waals surface area contributed by atoms with Crippen molar-refractivity contribution in [2.24, 2.45) is 12.8 Å². The van der Waals surface area contributed by atoms with Gasteiger partial charge in [-0.3, -0.25) is 19.6 Å². The first-order valence-electron chi connectivity index (χ1n) is 8.59. The van der Waals surface area contributed by atoms with Crippen LogP contribution in [0.3, 0.4) is 0 Å². The van der Waals surface area contributed by atoms with E-state index in [1.165, 1.54) is 4.57 Å². The summed E-state index contributed by atoms with van der Waals surface area (Å²) in [6.07, 6.45) is 0.962. The highest BCUT2D eigenvalue weighted by molar-refractivity contribution is 6.28. The average Bonchev–Trinajstić information content (AvgIpc) is 2.97. The summed E-state index contributed by atoms with van der Waals surface area (Å²) >= 11 is 6.19. The molecule has 12 heteroatoms. The number of amidine groups is 1. The monoisotopic (exact) mass is 474 g/mol. The topological polar surface area (TPSA) is 140 Å². The van der Waals surface area contributed by atoms with Gasteiger partial charge < -0.3 is 15.4 Å². The summed E-state index contributed by atoms with van der Waals surface area (Å²) in [6, 6.07) is 6.95. The number of nitrogen functional groups attached to an aromatic ring is 1. The van der Waals surface area contributed by atoms with Crippen LogP contribution in [0.25, 0.3) is 22.6 Å². The SMILES string of the molecule is Cl.Cl.Cn1c(-c2ccc(C(=N)N)cc2)nc2c(=O)n(CCCCC(=O)O)c(Cl)nc21. The summed E-state index contributed by atoms with van der Waals surface area (Å²) in [5, 5.41) is 16.2. The number of nitrogens with two attached hydrogens (primary N) is 1. The van der Waals surface area contributed by atoms with Gasteiger partial charge >= 0.3 is 5.97 Å². The molecule has 9 nitrogen and oxygen atoms in total. The maximum atomic E-state index is 12.8. The Kier molecular flexibility index (Phi) is 8.83. The number of hydrogen-bond acceptors (Lipinski definition) is 5. The number of fused-ring (bicyclic) bond motifs is 1. The van der Waals surface area contributed by atoms with Crippen LogP contribution in [0.15, 0.2) is 29.1 Å². The van der Waals surface area contributed by atoms with Crippen LogP contribution < -0.4 is 11.3 Å². The van der Waals surface area contributed by atoms with Gasteiger partial charge in [0.25, 0.3) is 5.56 Å². The van der Waals surface area contributed by atoms with Crippen molar-refractivity contribution in [3.8, 4) is 11.4 Å². The fraction of sp³-hybridized carbons (Fsp3) is 0.278. The van der Waals surface area contributed by atoms with Crippen LogP contribution in [0.4, 0.5) is 0 Å². The number of benzene rings is 1. The highest BCUT2D eigenvalue weighted by atomic mass is 35.5. The van der Waals surface area contributed by atoms with E-state index in [0.29, 0.717) is 29.9 Å². The number of aliphatic carboxylic acids is 1. The van der Waals surface area contributed by atoms with Crippen molar-refractivity contribution in [3.63, 3.8) is 0 Å². The summed E-state index contributed by atoms with van der Waals surface area (Å²) in [6.45, 7) is 0.271. The van der Waals surface area contributed by atoms with E-state index < -0.39 is 5.97 Å². The molecule has 0 aliphatic rings. The average molecular weight is 476 g/mol. The fourth-order valence-corrected chi connectivity index (χ4v) is 3.16. The van der Waals surface area contributed by atoms with Crippen molar-refractivity contribution in [1.29, 1.82) is 5.41 Å². The Morgan fingerprint density at radius 3 is 2.40 bits per heavy atom. The Morgan fingerprint density at radius 2 is 1.83 bits per heavy atom. The molecule has 4 N–H and O–H groups in total. The molecule has 0 amide bonds. The third kappa shape index (κ3) is 5.10. The number of carboxylic acids is 1. The minimum Gasteiger partial charge on any atom is -0.481 e. The third-order valence-corrected chi connectivity index (χ3v) is 4.70. The van der Waals surface area contributed by atoms with Gasteiger partial charge in [-0.05, 0) is 24.4 Å². The summed E-state index contributed by atoms with van der Waals surface area (Å²) in [5.41, 5.74) is 7.00. The number of rotatable bonds is 7. The molecule has 3 rings (SSSR count). The molecule has 2 heterocycles. The Bertz CT molecular complexity index is 1120. The minimum atomic E-state index is -0.878. The second-order valence-electron chi connectivity index (χ2n) is 6.35. The molecule has 3 aromatic rings. The largest absolute Gasteiger partial charge is 0.481 e. The van der Waals surface area contributed by atoms with Gasteiger partial charge in [0.15, 0.2) is 11.2 Å². The van der Waals surface area contributed by atoms with E-state index in [1.807, 2.05) is 0 Å². The Morgan fingerprint density at radius 1 is 1.20 bits per heavy atom. The Balaban J connectivity index is 0.00000225. The lowest BCUT2D eigenvalue weighted by Crippen LogP contribution is -2.22. The summed E-state index contributed by atoms with van der Waals surface area (Å²) in [5.74, 6) is -0.373. The summed E-state index contributed by atoms with van der Waals surface area (Å²) < 4.78 is 2.99. The number of carbonyl (C=O) groups is 1. The van der Waals surface area contributed by atoms with Crippen LogP contribution in [0.2, 0.25) is 5.28 Å². The molecule has 0 saturated heterocycles. The van der Waals surface area contributed by atoms with E-state index in [0.717, 1.165) is 5.56 Å². The lowest BCUT2D eigenvalue weighted by molar-refractivity contribution is -0.137. The standard InChI is InChI=1S/C18H19ClN6O3.2ClH/c1-24-15(11-7-5-10(6-8-11)14(20)21)22-13-16(24)23-18(19)25(17(13)28)9-3-2-4-12(26)27;;/h5-8H,2-4,9H2,1H3,(H3,20,21)(H,26,27);2*1H. The van der Waals surface area contributed by atoms with E-state index >= 15 is 0 Å². The van der Waals surface area contributed by atoms with Crippen molar-refractivity contribution in [3.05, 3.63) is 45.5 Å². The van der Waals surface area contributed by atoms with Gasteiger partial charge in [-0.2, -0.15) is 4.98 Å². The third-order valence-electron chi connectivity index (χ3n) is 4.41. The number of aryl methyl sites for hydroxylation is 1. The number of imidazole rings is 1. The van der Waals surface area contributed by atoms with E-state index in [4.69, 9.17) is 27.9 Å². The van der Waals surface area contributed by atoms with Crippen molar-refractivity contribution in [1.82, 2.24) is 19.1 Å². The van der Waals surface area contributed by atoms with Crippen LogP contribution >= 0.6 is 36.4 Å². The van der Waals surface area contributed by atoms with E-state index in [2.05, 4.69) is 9.97 Å². The molecule has 0 spiro atoms. The van der Waals surface area contributed by atoms with Crippen molar-refractivity contribution >= 4 is 59.4 Å². The van der Waals surface area contributed by atoms with Crippen LogP contribution in [-0.2, 0) is 18.4 Å². The summed E-state index contributed by atoms with van der Waals surface area (Å²) in [4.78, 5) is 32.2. The number of halogens is 3. The van der Waals surface area contributed by atoms with E-state index in [9.17, 15) is 9.59 Å². The molecule has 0 atom stereocenters. The van der Waals surface area contributed by atoms with Gasteiger partial charge in [0, 0.05) is 31.1 Å². The van der Waals surface area contributed by atoms with Gasteiger partial charge in [0.2, 0.25) is 5.28 Å². The van der Waals surface area contributed by atoms with Crippen LogP contribution in [0.1, 0.15) is 24.8 Å². The molecule has 1 aromatic carbocycles. The molecule has 0 fully saturated rings. The van der Waals surface area contributed by atoms with Crippen molar-refractivity contribution in [2.75, 3.05) is 0 Å². The highest BCUT2D eigenvalue weighted by Crippen LogP contribution is 2.22. The smallest absolute Gasteiger partial charge is 0.303 e. The van der Waals surface area contributed by atoms with Crippen LogP contribution in [0.5, 0.6) is 0 Å². The van der Waals surface area contributed by atoms with Gasteiger partial charge in [0.05, 0.1) is 0 Å². The molecule has 0 aliphatic heterocycles. The van der Waals surface area contributed by atoms with Gasteiger partial charge in [-0.25, -0.2) is 4.98 Å². The van der Waals surface area contributed by atoms with Crippen molar-refractivity contribution in [2.45, 2.75) is 25.8 Å². The van der Waals surface area contributed by atoms with E-state index in [-0.39, 0.29) is 60.0 Å². The number of nitrogens with one attached hydrogen (secondary N) is 1. The molecule has 2 aromatic heterocycles. The molecular weight excluding hydrogens is 455 g/mol. The first-order valence-corrected chi connectivity index (χ1v) is 8.96. The lowest BCUT2D eigenvalue weighted by Gasteiger charge is -2.07. The number of carboxylic acid groups (broad SMARTS) is 1. The molecule has 0 radical (unpaired) electrons. The second kappa shape index (κ2) is 10.4. The number of unbranched alkanes of at least 4 members (excludes halogenated alkanes) is 1. The molecule has 0 unspecified atom stereocenters. The predicted molar refractivity (Wildman–Crippen MR) is 120 cm³/mol. The molecule has 0 aliphatic carbocycles. The van der Waals surface area contributed by atoms with Crippen molar-refractivity contribution < 1.29 is 9.90 Å². The first-order chi connectivity index (χ1) is 13.3. The normalized spacial score (nSPS) is 10.3. The summed E-state index contributed by atoms with van der Waals surface area (Å²) in [7, 11) is 1.74. The minimum absolute atomic E-state index is 0. The van der Waals surface area contributed by atoms with Crippen LogP contribution in [-0.4, -0.2) is 36.0 Å². The molecule has 0 bridgehead atoms.